The van der Waals surface area contributed by atoms with E-state index in [9.17, 15) is 17.6 Å². The van der Waals surface area contributed by atoms with Gasteiger partial charge in [-0.15, -0.1) is 0 Å². The first-order valence-corrected chi connectivity index (χ1v) is 9.98. The van der Waals surface area contributed by atoms with Crippen LogP contribution in [-0.4, -0.2) is 25.7 Å². The summed E-state index contributed by atoms with van der Waals surface area (Å²) in [4.78, 5) is 12.3. The number of hydrogen-bond acceptors (Lipinski definition) is 3. The minimum absolute atomic E-state index is 0.0817. The molecule has 0 saturated carbocycles. The topological polar surface area (TPSA) is 66.5 Å². The molecule has 0 aliphatic carbocycles. The van der Waals surface area contributed by atoms with Gasteiger partial charge in [-0.25, -0.2) is 12.8 Å². The van der Waals surface area contributed by atoms with Gasteiger partial charge in [0, 0.05) is 19.3 Å². The Balaban J connectivity index is 1.72. The molecular formula is C21H19FN2O3S. The van der Waals surface area contributed by atoms with Gasteiger partial charge in [-0.3, -0.25) is 4.79 Å². The average molecular weight is 398 g/mol. The van der Waals surface area contributed by atoms with Crippen molar-refractivity contribution in [1.29, 1.82) is 0 Å². The van der Waals surface area contributed by atoms with Crippen molar-refractivity contribution in [2.45, 2.75) is 11.4 Å². The van der Waals surface area contributed by atoms with Crippen molar-refractivity contribution >= 4 is 21.6 Å². The lowest BCUT2D eigenvalue weighted by Gasteiger charge is -2.17. The largest absolute Gasteiger partial charge is 0.322 e. The fraction of sp³-hybridized carbons (Fsp3) is 0.0952. The Morgan fingerprint density at radius 1 is 0.929 bits per heavy atom. The fourth-order valence-corrected chi connectivity index (χ4v) is 3.82. The molecule has 5 nitrogen and oxygen atoms in total. The van der Waals surface area contributed by atoms with Gasteiger partial charge in [0.1, 0.15) is 5.82 Å². The highest BCUT2D eigenvalue weighted by Crippen LogP contribution is 2.20. The summed E-state index contributed by atoms with van der Waals surface area (Å²) in [5, 5.41) is 2.56. The number of sulfonamides is 1. The van der Waals surface area contributed by atoms with Crippen molar-refractivity contribution < 1.29 is 17.6 Å². The molecule has 0 heterocycles. The Morgan fingerprint density at radius 2 is 1.54 bits per heavy atom. The van der Waals surface area contributed by atoms with Crippen molar-refractivity contribution in [1.82, 2.24) is 4.31 Å². The number of carbonyl (C=O) groups is 1. The normalized spacial score (nSPS) is 11.4. The van der Waals surface area contributed by atoms with Crippen LogP contribution >= 0.6 is 0 Å². The molecule has 0 radical (unpaired) electrons. The van der Waals surface area contributed by atoms with E-state index in [4.69, 9.17) is 0 Å². The number of hydrogen-bond donors (Lipinski definition) is 1. The number of anilines is 1. The zero-order valence-corrected chi connectivity index (χ0v) is 16.0. The second-order valence-corrected chi connectivity index (χ2v) is 8.25. The van der Waals surface area contributed by atoms with Crippen LogP contribution in [0.5, 0.6) is 0 Å². The van der Waals surface area contributed by atoms with Gasteiger partial charge in [-0.05, 0) is 42.0 Å². The molecule has 28 heavy (non-hydrogen) atoms. The fourth-order valence-electron chi connectivity index (χ4n) is 2.66. The van der Waals surface area contributed by atoms with Crippen LogP contribution in [-0.2, 0) is 16.6 Å². The van der Waals surface area contributed by atoms with Gasteiger partial charge in [-0.2, -0.15) is 4.31 Å². The van der Waals surface area contributed by atoms with Gasteiger partial charge >= 0.3 is 0 Å². The van der Waals surface area contributed by atoms with Crippen LogP contribution in [0.3, 0.4) is 0 Å². The third-order valence-electron chi connectivity index (χ3n) is 4.19. The predicted octanol–water partition coefficient (Wildman–Crippen LogP) is 3.90. The summed E-state index contributed by atoms with van der Waals surface area (Å²) < 4.78 is 40.4. The summed E-state index contributed by atoms with van der Waals surface area (Å²) in [5.74, 6) is -1.23. The number of rotatable bonds is 6. The van der Waals surface area contributed by atoms with Crippen LogP contribution in [0.25, 0.3) is 0 Å². The van der Waals surface area contributed by atoms with E-state index in [1.807, 2.05) is 30.3 Å². The highest BCUT2D eigenvalue weighted by molar-refractivity contribution is 7.89. The second-order valence-electron chi connectivity index (χ2n) is 6.21. The first-order valence-electron chi connectivity index (χ1n) is 8.54. The maximum atomic E-state index is 13.7. The van der Waals surface area contributed by atoms with E-state index in [2.05, 4.69) is 5.32 Å². The highest BCUT2D eigenvalue weighted by Gasteiger charge is 2.21. The van der Waals surface area contributed by atoms with E-state index in [0.29, 0.717) is 5.69 Å². The van der Waals surface area contributed by atoms with Crippen molar-refractivity contribution in [3.63, 3.8) is 0 Å². The van der Waals surface area contributed by atoms with Crippen molar-refractivity contribution in [2.24, 2.45) is 0 Å². The summed E-state index contributed by atoms with van der Waals surface area (Å²) in [6.07, 6.45) is 0. The third kappa shape index (κ3) is 4.44. The molecule has 0 aromatic heterocycles. The maximum Gasteiger partial charge on any atom is 0.258 e. The predicted molar refractivity (Wildman–Crippen MR) is 106 cm³/mol. The SMILES string of the molecule is CN(Cc1ccccc1)S(=O)(=O)c1ccc(NC(=O)c2ccccc2F)cc1. The quantitative estimate of drug-likeness (QED) is 0.685. The van der Waals surface area contributed by atoms with E-state index in [-0.39, 0.29) is 17.0 Å². The van der Waals surface area contributed by atoms with E-state index in [1.165, 1.54) is 53.8 Å². The van der Waals surface area contributed by atoms with Crippen LogP contribution < -0.4 is 5.32 Å². The molecule has 3 aromatic carbocycles. The molecule has 7 heteroatoms. The molecule has 144 valence electrons. The van der Waals surface area contributed by atoms with Crippen LogP contribution in [0, 0.1) is 5.82 Å². The first kappa shape index (κ1) is 19.7. The van der Waals surface area contributed by atoms with Crippen LogP contribution in [0.2, 0.25) is 0 Å². The Labute approximate surface area is 163 Å². The average Bonchev–Trinajstić information content (AvgIpc) is 2.69. The lowest BCUT2D eigenvalue weighted by Crippen LogP contribution is -2.26. The lowest BCUT2D eigenvalue weighted by molar-refractivity contribution is 0.102. The van der Waals surface area contributed by atoms with Gasteiger partial charge in [-0.1, -0.05) is 42.5 Å². The van der Waals surface area contributed by atoms with Gasteiger partial charge < -0.3 is 5.32 Å². The molecule has 0 spiro atoms. The number of nitrogens with one attached hydrogen (secondary N) is 1. The minimum atomic E-state index is -3.68. The Hall–Kier alpha value is -3.03. The summed E-state index contributed by atoms with van der Waals surface area (Å²) in [7, 11) is -2.17. The molecule has 0 fully saturated rings. The second kappa shape index (κ2) is 8.33. The number of benzene rings is 3. The van der Waals surface area contributed by atoms with Crippen molar-refractivity contribution in [3.8, 4) is 0 Å². The monoisotopic (exact) mass is 398 g/mol. The number of halogens is 1. The molecule has 1 amide bonds. The van der Waals surface area contributed by atoms with E-state index in [0.717, 1.165) is 5.56 Å². The molecule has 0 atom stereocenters. The van der Waals surface area contributed by atoms with E-state index < -0.39 is 21.7 Å². The van der Waals surface area contributed by atoms with E-state index in [1.54, 1.807) is 6.07 Å². The highest BCUT2D eigenvalue weighted by atomic mass is 32.2. The van der Waals surface area contributed by atoms with Crippen LogP contribution in [0.1, 0.15) is 15.9 Å². The summed E-state index contributed by atoms with van der Waals surface area (Å²) in [6, 6.07) is 20.7. The number of carbonyl (C=O) groups excluding carboxylic acids is 1. The van der Waals surface area contributed by atoms with Crippen molar-refractivity contribution in [3.05, 3.63) is 95.8 Å². The Morgan fingerprint density at radius 3 is 2.18 bits per heavy atom. The van der Waals surface area contributed by atoms with Crippen LogP contribution in [0.15, 0.2) is 83.8 Å². The first-order chi connectivity index (χ1) is 13.4. The summed E-state index contributed by atoms with van der Waals surface area (Å²) >= 11 is 0. The molecule has 1 N–H and O–H groups in total. The van der Waals surface area contributed by atoms with Gasteiger partial charge in [0.15, 0.2) is 0 Å². The molecule has 0 saturated heterocycles. The van der Waals surface area contributed by atoms with Crippen LogP contribution in [0.4, 0.5) is 10.1 Å². The molecule has 0 aliphatic heterocycles. The van der Waals surface area contributed by atoms with Gasteiger partial charge in [0.2, 0.25) is 10.0 Å². The van der Waals surface area contributed by atoms with E-state index >= 15 is 0 Å². The molecule has 3 rings (SSSR count). The zero-order valence-electron chi connectivity index (χ0n) is 15.2. The molecule has 3 aromatic rings. The van der Waals surface area contributed by atoms with Gasteiger partial charge in [0.05, 0.1) is 10.5 Å². The molecule has 0 bridgehead atoms. The lowest BCUT2D eigenvalue weighted by atomic mass is 10.2. The zero-order chi connectivity index (χ0) is 20.1. The third-order valence-corrected chi connectivity index (χ3v) is 6.00. The summed E-state index contributed by atoms with van der Waals surface area (Å²) in [5.41, 5.74) is 1.17. The maximum absolute atomic E-state index is 13.7. The Bertz CT molecular complexity index is 1070. The number of amides is 1. The Kier molecular flexibility index (Phi) is 5.87. The van der Waals surface area contributed by atoms with Gasteiger partial charge in [0.25, 0.3) is 5.91 Å². The smallest absolute Gasteiger partial charge is 0.258 e. The number of nitrogens with zero attached hydrogens (tertiary/aromatic N) is 1. The molecule has 0 aliphatic rings. The minimum Gasteiger partial charge on any atom is -0.322 e. The van der Waals surface area contributed by atoms with Crippen molar-refractivity contribution in [2.75, 3.05) is 12.4 Å². The molecular weight excluding hydrogens is 379 g/mol. The standard InChI is InChI=1S/C21H19FN2O3S/c1-24(15-16-7-3-2-4-8-16)28(26,27)18-13-11-17(12-14-18)23-21(25)19-9-5-6-10-20(19)22/h2-14H,15H2,1H3,(H,23,25). The summed E-state index contributed by atoms with van der Waals surface area (Å²) in [6.45, 7) is 0.245. The molecule has 0 unspecified atom stereocenters.